The SMILES string of the molecule is CC[C@@H](C)CCC(C)(C)NC. The molecule has 1 heteroatoms. The molecule has 0 aromatic carbocycles. The van der Waals surface area contributed by atoms with Gasteiger partial charge in [0.1, 0.15) is 0 Å². The van der Waals surface area contributed by atoms with Gasteiger partial charge in [-0.2, -0.15) is 0 Å². The van der Waals surface area contributed by atoms with Crippen molar-refractivity contribution in [3.63, 3.8) is 0 Å². The summed E-state index contributed by atoms with van der Waals surface area (Å²) in [5.74, 6) is 0.877. The number of nitrogens with one attached hydrogen (secondary N) is 1. The molecule has 0 aliphatic rings. The Labute approximate surface area is 71.6 Å². The largest absolute Gasteiger partial charge is 0.315 e. The highest BCUT2D eigenvalue weighted by Crippen LogP contribution is 2.17. The van der Waals surface area contributed by atoms with Gasteiger partial charge in [0.05, 0.1) is 0 Å². The molecule has 0 rings (SSSR count). The van der Waals surface area contributed by atoms with E-state index < -0.39 is 0 Å². The molecule has 1 N–H and O–H groups in total. The van der Waals surface area contributed by atoms with Crippen LogP contribution in [0.5, 0.6) is 0 Å². The molecule has 0 amide bonds. The van der Waals surface area contributed by atoms with E-state index in [2.05, 4.69) is 33.0 Å². The average molecular weight is 157 g/mol. The van der Waals surface area contributed by atoms with E-state index in [9.17, 15) is 0 Å². The monoisotopic (exact) mass is 157 g/mol. The van der Waals surface area contributed by atoms with E-state index in [0.717, 1.165) is 5.92 Å². The molecule has 1 nitrogen and oxygen atoms in total. The minimum atomic E-state index is 0.323. The van der Waals surface area contributed by atoms with Crippen molar-refractivity contribution in [3.8, 4) is 0 Å². The quantitative estimate of drug-likeness (QED) is 0.647. The molecule has 0 fully saturated rings. The zero-order valence-corrected chi connectivity index (χ0v) is 8.70. The summed E-state index contributed by atoms with van der Waals surface area (Å²) in [7, 11) is 2.04. The number of hydrogen-bond donors (Lipinski definition) is 1. The highest BCUT2D eigenvalue weighted by atomic mass is 14.9. The Morgan fingerprint density at radius 3 is 2.27 bits per heavy atom. The lowest BCUT2D eigenvalue weighted by Crippen LogP contribution is -2.36. The molecular weight excluding hydrogens is 134 g/mol. The predicted octanol–water partition coefficient (Wildman–Crippen LogP) is 2.81. The van der Waals surface area contributed by atoms with Gasteiger partial charge in [-0.25, -0.2) is 0 Å². The smallest absolute Gasteiger partial charge is 0.0122 e. The first-order valence-corrected chi connectivity index (χ1v) is 4.70. The van der Waals surface area contributed by atoms with Crippen molar-refractivity contribution in [1.29, 1.82) is 0 Å². The standard InChI is InChI=1S/C10H23N/c1-6-9(2)7-8-10(3,4)11-5/h9,11H,6-8H2,1-5H3/t9-/m1/s1. The lowest BCUT2D eigenvalue weighted by molar-refractivity contribution is 0.344. The molecule has 0 unspecified atom stereocenters. The fourth-order valence-electron chi connectivity index (χ4n) is 0.936. The highest BCUT2D eigenvalue weighted by molar-refractivity contribution is 4.75. The van der Waals surface area contributed by atoms with Crippen LogP contribution >= 0.6 is 0 Å². The van der Waals surface area contributed by atoms with Crippen molar-refractivity contribution in [3.05, 3.63) is 0 Å². The molecule has 0 aliphatic heterocycles. The molecule has 0 aromatic heterocycles. The summed E-state index contributed by atoms with van der Waals surface area (Å²) in [5.41, 5.74) is 0.323. The third-order valence-corrected chi connectivity index (χ3v) is 2.64. The molecule has 68 valence electrons. The van der Waals surface area contributed by atoms with Crippen molar-refractivity contribution in [2.24, 2.45) is 5.92 Å². The van der Waals surface area contributed by atoms with Crippen LogP contribution in [0.15, 0.2) is 0 Å². The zero-order chi connectivity index (χ0) is 8.91. The van der Waals surface area contributed by atoms with Crippen LogP contribution in [-0.2, 0) is 0 Å². The van der Waals surface area contributed by atoms with Gasteiger partial charge in [0, 0.05) is 5.54 Å². The Morgan fingerprint density at radius 2 is 1.91 bits per heavy atom. The second kappa shape index (κ2) is 4.76. The van der Waals surface area contributed by atoms with Crippen molar-refractivity contribution >= 4 is 0 Å². The van der Waals surface area contributed by atoms with Crippen molar-refractivity contribution < 1.29 is 0 Å². The summed E-state index contributed by atoms with van der Waals surface area (Å²) < 4.78 is 0. The van der Waals surface area contributed by atoms with Gasteiger partial charge in [0.2, 0.25) is 0 Å². The summed E-state index contributed by atoms with van der Waals surface area (Å²) >= 11 is 0. The Hall–Kier alpha value is -0.0400. The first kappa shape index (κ1) is 11.0. The molecule has 11 heavy (non-hydrogen) atoms. The first-order valence-electron chi connectivity index (χ1n) is 4.70. The van der Waals surface area contributed by atoms with Gasteiger partial charge in [-0.15, -0.1) is 0 Å². The molecule has 0 heterocycles. The second-order valence-corrected chi connectivity index (χ2v) is 4.19. The Balaban J connectivity index is 3.52. The van der Waals surface area contributed by atoms with Crippen molar-refractivity contribution in [2.45, 2.75) is 52.5 Å². The van der Waals surface area contributed by atoms with Crippen LogP contribution in [0.4, 0.5) is 0 Å². The number of hydrogen-bond acceptors (Lipinski definition) is 1. The predicted molar refractivity (Wildman–Crippen MR) is 51.8 cm³/mol. The van der Waals surface area contributed by atoms with E-state index in [-0.39, 0.29) is 0 Å². The van der Waals surface area contributed by atoms with Crippen LogP contribution in [0.3, 0.4) is 0 Å². The third kappa shape index (κ3) is 5.25. The van der Waals surface area contributed by atoms with Gasteiger partial charge in [-0.1, -0.05) is 20.3 Å². The van der Waals surface area contributed by atoms with Crippen molar-refractivity contribution in [1.82, 2.24) is 5.32 Å². The molecule has 0 radical (unpaired) electrons. The Bertz CT molecular complexity index is 97.0. The van der Waals surface area contributed by atoms with Gasteiger partial charge < -0.3 is 5.32 Å². The van der Waals surface area contributed by atoms with Crippen LogP contribution in [0, 0.1) is 5.92 Å². The second-order valence-electron chi connectivity index (χ2n) is 4.19. The summed E-state index contributed by atoms with van der Waals surface area (Å²) in [6.07, 6.45) is 3.92. The lowest BCUT2D eigenvalue weighted by atomic mass is 9.92. The third-order valence-electron chi connectivity index (χ3n) is 2.64. The van der Waals surface area contributed by atoms with E-state index >= 15 is 0 Å². The van der Waals surface area contributed by atoms with E-state index in [4.69, 9.17) is 0 Å². The van der Waals surface area contributed by atoms with Gasteiger partial charge in [-0.05, 0) is 39.7 Å². The first-order chi connectivity index (χ1) is 5.02. The maximum Gasteiger partial charge on any atom is 0.0122 e. The normalized spacial score (nSPS) is 15.0. The Kier molecular flexibility index (Phi) is 4.74. The van der Waals surface area contributed by atoms with Crippen LogP contribution < -0.4 is 5.32 Å². The van der Waals surface area contributed by atoms with Gasteiger partial charge >= 0.3 is 0 Å². The van der Waals surface area contributed by atoms with Gasteiger partial charge in [0.25, 0.3) is 0 Å². The molecule has 0 saturated carbocycles. The molecule has 0 saturated heterocycles. The van der Waals surface area contributed by atoms with Crippen LogP contribution in [0.1, 0.15) is 47.0 Å². The summed E-state index contributed by atoms with van der Waals surface area (Å²) in [5, 5.41) is 3.32. The molecule has 0 aliphatic carbocycles. The molecule has 0 bridgehead atoms. The zero-order valence-electron chi connectivity index (χ0n) is 8.70. The number of rotatable bonds is 5. The minimum Gasteiger partial charge on any atom is -0.315 e. The summed E-state index contributed by atoms with van der Waals surface area (Å²) in [6.45, 7) is 9.10. The maximum atomic E-state index is 3.32. The van der Waals surface area contributed by atoms with Crippen molar-refractivity contribution in [2.75, 3.05) is 7.05 Å². The van der Waals surface area contributed by atoms with Gasteiger partial charge in [-0.3, -0.25) is 0 Å². The fourth-order valence-corrected chi connectivity index (χ4v) is 0.936. The van der Waals surface area contributed by atoms with E-state index in [1.807, 2.05) is 7.05 Å². The van der Waals surface area contributed by atoms with E-state index in [1.54, 1.807) is 0 Å². The average Bonchev–Trinajstić information content (AvgIpc) is 2.00. The van der Waals surface area contributed by atoms with E-state index in [0.29, 0.717) is 5.54 Å². The molecule has 0 aromatic rings. The lowest BCUT2D eigenvalue weighted by Gasteiger charge is -2.25. The summed E-state index contributed by atoms with van der Waals surface area (Å²) in [4.78, 5) is 0. The topological polar surface area (TPSA) is 12.0 Å². The fraction of sp³-hybridized carbons (Fsp3) is 1.00. The Morgan fingerprint density at radius 1 is 1.36 bits per heavy atom. The highest BCUT2D eigenvalue weighted by Gasteiger charge is 2.14. The van der Waals surface area contributed by atoms with Crippen LogP contribution in [-0.4, -0.2) is 12.6 Å². The van der Waals surface area contributed by atoms with Crippen LogP contribution in [0.2, 0.25) is 0 Å². The van der Waals surface area contributed by atoms with E-state index in [1.165, 1.54) is 19.3 Å². The molecule has 1 atom stereocenters. The minimum absolute atomic E-state index is 0.323. The van der Waals surface area contributed by atoms with Crippen LogP contribution in [0.25, 0.3) is 0 Å². The maximum absolute atomic E-state index is 3.32. The van der Waals surface area contributed by atoms with Gasteiger partial charge in [0.15, 0.2) is 0 Å². The molecular formula is C10H23N. The molecule has 0 spiro atoms. The summed E-state index contributed by atoms with van der Waals surface area (Å²) in [6, 6.07) is 0.